The lowest BCUT2D eigenvalue weighted by Crippen LogP contribution is -2.47. The van der Waals surface area contributed by atoms with Gasteiger partial charge in [0, 0.05) is 10.9 Å². The van der Waals surface area contributed by atoms with Crippen LogP contribution in [0.15, 0.2) is 35.7 Å². The number of hydrogen-bond acceptors (Lipinski definition) is 5. The number of carbonyl (C=O) groups is 2. The summed E-state index contributed by atoms with van der Waals surface area (Å²) in [6, 6.07) is 8.60. The van der Waals surface area contributed by atoms with E-state index in [0.29, 0.717) is 36.1 Å². The van der Waals surface area contributed by atoms with Crippen molar-refractivity contribution in [3.63, 3.8) is 0 Å². The largest absolute Gasteiger partial charge is 0.493 e. The molecule has 1 heterocycles. The third-order valence-corrected chi connectivity index (χ3v) is 7.32. The Kier molecular flexibility index (Phi) is 10.1. The third-order valence-electron chi connectivity index (χ3n) is 6.23. The van der Waals surface area contributed by atoms with Gasteiger partial charge in [-0.05, 0) is 67.2 Å². The van der Waals surface area contributed by atoms with Crippen molar-refractivity contribution < 1.29 is 19.1 Å². The van der Waals surface area contributed by atoms with Gasteiger partial charge in [-0.25, -0.2) is 0 Å². The van der Waals surface area contributed by atoms with Crippen LogP contribution in [0.1, 0.15) is 62.4 Å². The van der Waals surface area contributed by atoms with Crippen LogP contribution in [0.25, 0.3) is 0 Å². The molecule has 8 heteroatoms. The number of halogens is 1. The maximum absolute atomic E-state index is 13.7. The van der Waals surface area contributed by atoms with Crippen LogP contribution in [0.5, 0.6) is 11.5 Å². The van der Waals surface area contributed by atoms with E-state index in [2.05, 4.69) is 12.2 Å². The number of rotatable bonds is 11. The minimum atomic E-state index is -0.832. The second-order valence-corrected chi connectivity index (χ2v) is 10.2. The van der Waals surface area contributed by atoms with Gasteiger partial charge in [-0.1, -0.05) is 26.0 Å². The van der Waals surface area contributed by atoms with Crippen molar-refractivity contribution in [1.82, 2.24) is 10.2 Å². The second-order valence-electron chi connectivity index (χ2n) is 8.86. The van der Waals surface area contributed by atoms with Crippen molar-refractivity contribution in [1.29, 1.82) is 0 Å². The maximum atomic E-state index is 13.7. The SMILES string of the molecule is CCCOc1ccc([C@@H](C(=O)NC2CCC(C)CC2)N(Cc2cccs2)C(=O)CCl)cc1OC. The highest BCUT2D eigenvalue weighted by Crippen LogP contribution is 2.34. The summed E-state index contributed by atoms with van der Waals surface area (Å²) in [7, 11) is 1.57. The molecule has 3 rings (SSSR count). The van der Waals surface area contributed by atoms with E-state index in [1.165, 1.54) is 0 Å². The van der Waals surface area contributed by atoms with Crippen LogP contribution in [-0.2, 0) is 16.1 Å². The Morgan fingerprint density at radius 2 is 1.97 bits per heavy atom. The fourth-order valence-corrected chi connectivity index (χ4v) is 5.17. The number of nitrogens with one attached hydrogen (secondary N) is 1. The quantitative estimate of drug-likeness (QED) is 0.406. The van der Waals surface area contributed by atoms with Crippen LogP contribution in [0, 0.1) is 5.92 Å². The molecule has 0 aliphatic heterocycles. The van der Waals surface area contributed by atoms with E-state index < -0.39 is 6.04 Å². The molecule has 0 unspecified atom stereocenters. The molecule has 1 saturated carbocycles. The molecule has 34 heavy (non-hydrogen) atoms. The fourth-order valence-electron chi connectivity index (χ4n) is 4.31. The molecule has 1 fully saturated rings. The lowest BCUT2D eigenvalue weighted by molar-refractivity contribution is -0.140. The average Bonchev–Trinajstić information content (AvgIpc) is 3.36. The Labute approximate surface area is 211 Å². The molecule has 0 bridgehead atoms. The van der Waals surface area contributed by atoms with E-state index in [4.69, 9.17) is 21.1 Å². The van der Waals surface area contributed by atoms with Crippen molar-refractivity contribution in [2.24, 2.45) is 5.92 Å². The molecule has 0 spiro atoms. The number of ether oxygens (including phenoxy) is 2. The van der Waals surface area contributed by atoms with Gasteiger partial charge in [0.1, 0.15) is 11.9 Å². The molecule has 1 aliphatic carbocycles. The lowest BCUT2D eigenvalue weighted by Gasteiger charge is -2.34. The summed E-state index contributed by atoms with van der Waals surface area (Å²) in [5.74, 6) is 1.13. The van der Waals surface area contributed by atoms with Gasteiger partial charge in [0.05, 0.1) is 20.3 Å². The van der Waals surface area contributed by atoms with Gasteiger partial charge in [0.2, 0.25) is 11.8 Å². The zero-order chi connectivity index (χ0) is 24.5. The highest BCUT2D eigenvalue weighted by atomic mass is 35.5. The number of nitrogens with zero attached hydrogens (tertiary/aromatic N) is 1. The van der Waals surface area contributed by atoms with Crippen LogP contribution in [0.2, 0.25) is 0 Å². The van der Waals surface area contributed by atoms with Gasteiger partial charge in [0.15, 0.2) is 11.5 Å². The summed E-state index contributed by atoms with van der Waals surface area (Å²) < 4.78 is 11.4. The first-order valence-corrected chi connectivity index (χ1v) is 13.4. The molecule has 1 aromatic heterocycles. The minimum absolute atomic E-state index is 0.106. The Hall–Kier alpha value is -2.25. The molecule has 0 saturated heterocycles. The standard InChI is InChI=1S/C26H35ClN2O4S/c1-4-13-33-22-12-9-19(15-23(22)32-3)25(26(31)28-20-10-7-18(2)8-11-20)29(24(30)16-27)17-21-6-5-14-34-21/h5-6,9,12,14-15,18,20,25H,4,7-8,10-11,13,16-17H2,1-3H3,(H,28,31)/t18?,20?,25-/m0/s1. The molecule has 6 nitrogen and oxygen atoms in total. The monoisotopic (exact) mass is 506 g/mol. The highest BCUT2D eigenvalue weighted by molar-refractivity contribution is 7.09. The van der Waals surface area contributed by atoms with Crippen molar-refractivity contribution in [3.05, 3.63) is 46.2 Å². The van der Waals surface area contributed by atoms with E-state index in [1.807, 2.05) is 30.5 Å². The van der Waals surface area contributed by atoms with E-state index >= 15 is 0 Å². The van der Waals surface area contributed by atoms with Crippen LogP contribution < -0.4 is 14.8 Å². The van der Waals surface area contributed by atoms with E-state index in [-0.39, 0.29) is 23.7 Å². The predicted molar refractivity (Wildman–Crippen MR) is 137 cm³/mol. The molecular weight excluding hydrogens is 472 g/mol. The molecule has 0 radical (unpaired) electrons. The molecule has 1 N–H and O–H groups in total. The minimum Gasteiger partial charge on any atom is -0.493 e. The first kappa shape index (κ1) is 26.4. The summed E-state index contributed by atoms with van der Waals surface area (Å²) in [6.07, 6.45) is 4.94. The fraction of sp³-hybridized carbons (Fsp3) is 0.538. The number of methoxy groups -OCH3 is 1. The first-order valence-electron chi connectivity index (χ1n) is 12.0. The van der Waals surface area contributed by atoms with Gasteiger partial charge < -0.3 is 19.7 Å². The summed E-state index contributed by atoms with van der Waals surface area (Å²) in [4.78, 5) is 29.3. The number of carbonyl (C=O) groups excluding carboxylic acids is 2. The molecule has 186 valence electrons. The van der Waals surface area contributed by atoms with E-state index in [0.717, 1.165) is 37.0 Å². The summed E-state index contributed by atoms with van der Waals surface area (Å²) in [5.41, 5.74) is 0.664. The predicted octanol–water partition coefficient (Wildman–Crippen LogP) is 5.55. The van der Waals surface area contributed by atoms with Crippen molar-refractivity contribution in [2.75, 3.05) is 19.6 Å². The maximum Gasteiger partial charge on any atom is 0.247 e. The van der Waals surface area contributed by atoms with Crippen LogP contribution in [0.4, 0.5) is 0 Å². The second kappa shape index (κ2) is 13.0. The topological polar surface area (TPSA) is 67.9 Å². The summed E-state index contributed by atoms with van der Waals surface area (Å²) in [6.45, 7) is 5.15. The Morgan fingerprint density at radius 3 is 2.59 bits per heavy atom. The van der Waals surface area contributed by atoms with Crippen molar-refractivity contribution in [3.8, 4) is 11.5 Å². The highest BCUT2D eigenvalue weighted by Gasteiger charge is 2.34. The normalized spacial score (nSPS) is 18.7. The van der Waals surface area contributed by atoms with Crippen LogP contribution in [0.3, 0.4) is 0 Å². The number of amides is 2. The lowest BCUT2D eigenvalue weighted by atomic mass is 9.87. The van der Waals surface area contributed by atoms with Crippen molar-refractivity contribution in [2.45, 2.75) is 64.6 Å². The third kappa shape index (κ3) is 6.89. The van der Waals surface area contributed by atoms with Crippen LogP contribution >= 0.6 is 22.9 Å². The molecule has 2 amide bonds. The Balaban J connectivity index is 1.96. The smallest absolute Gasteiger partial charge is 0.247 e. The van der Waals surface area contributed by atoms with Gasteiger partial charge in [-0.2, -0.15) is 0 Å². The molecule has 1 aromatic carbocycles. The van der Waals surface area contributed by atoms with Gasteiger partial charge in [-0.3, -0.25) is 9.59 Å². The molecule has 1 atom stereocenters. The molecular formula is C26H35ClN2O4S. The number of thiophene rings is 1. The number of benzene rings is 1. The van der Waals surface area contributed by atoms with Crippen LogP contribution in [-0.4, -0.2) is 42.4 Å². The average molecular weight is 507 g/mol. The summed E-state index contributed by atoms with van der Waals surface area (Å²) >= 11 is 7.55. The zero-order valence-corrected chi connectivity index (χ0v) is 21.8. The molecule has 1 aliphatic rings. The zero-order valence-electron chi connectivity index (χ0n) is 20.2. The summed E-state index contributed by atoms with van der Waals surface area (Å²) in [5, 5.41) is 5.18. The Morgan fingerprint density at radius 1 is 1.21 bits per heavy atom. The van der Waals surface area contributed by atoms with E-state index in [9.17, 15) is 9.59 Å². The van der Waals surface area contributed by atoms with Gasteiger partial charge >= 0.3 is 0 Å². The van der Waals surface area contributed by atoms with Gasteiger partial charge in [0.25, 0.3) is 0 Å². The first-order chi connectivity index (χ1) is 16.5. The number of hydrogen-bond donors (Lipinski definition) is 1. The number of alkyl halides is 1. The van der Waals surface area contributed by atoms with Crippen molar-refractivity contribution >= 4 is 34.8 Å². The molecule has 2 aromatic rings. The van der Waals surface area contributed by atoms with E-state index in [1.54, 1.807) is 35.5 Å². The van der Waals surface area contributed by atoms with Gasteiger partial charge in [-0.15, -0.1) is 22.9 Å². The Bertz CT molecular complexity index is 929.